The summed E-state index contributed by atoms with van der Waals surface area (Å²) in [6, 6.07) is 7.76. The maximum Gasteiger partial charge on any atom is 0.419 e. The number of hydrogen-bond acceptors (Lipinski definition) is 4. The van der Waals surface area contributed by atoms with Crippen molar-refractivity contribution >= 4 is 0 Å². The molecule has 0 bridgehead atoms. The Morgan fingerprint density at radius 2 is 1.66 bits per heavy atom. The number of benzene rings is 1. The first kappa shape index (κ1) is 21.7. The third-order valence-electron chi connectivity index (χ3n) is 5.35. The van der Waals surface area contributed by atoms with Crippen molar-refractivity contribution < 1.29 is 17.6 Å². The van der Waals surface area contributed by atoms with Gasteiger partial charge in [-0.15, -0.1) is 0 Å². The van der Waals surface area contributed by atoms with E-state index in [1.807, 2.05) is 6.92 Å². The molecule has 0 fully saturated rings. The number of hydrogen-bond donors (Lipinski definition) is 0. The largest absolute Gasteiger partial charge is 0.419 e. The summed E-state index contributed by atoms with van der Waals surface area (Å²) in [7, 11) is 1.80. The Morgan fingerprint density at radius 1 is 0.969 bits per heavy atom. The van der Waals surface area contributed by atoms with E-state index >= 15 is 0 Å². The van der Waals surface area contributed by atoms with E-state index in [4.69, 9.17) is 0 Å². The molecule has 1 aromatic carbocycles. The van der Waals surface area contributed by atoms with Crippen molar-refractivity contribution in [3.63, 3.8) is 0 Å². The average molecular weight is 444 g/mol. The number of nitrogens with zero attached hydrogens (tertiary/aromatic N) is 6. The first-order valence-electron chi connectivity index (χ1n) is 9.79. The quantitative estimate of drug-likeness (QED) is 0.427. The van der Waals surface area contributed by atoms with Gasteiger partial charge in [-0.05, 0) is 50.6 Å². The zero-order valence-electron chi connectivity index (χ0n) is 17.9. The molecular formula is C22H20F4N6. The minimum atomic E-state index is -4.50. The Hall–Kier alpha value is -3.56. The summed E-state index contributed by atoms with van der Waals surface area (Å²) < 4.78 is 56.2. The lowest BCUT2D eigenvalue weighted by Crippen LogP contribution is -2.09. The molecule has 3 aromatic heterocycles. The van der Waals surface area contributed by atoms with E-state index in [0.717, 1.165) is 22.5 Å². The van der Waals surface area contributed by atoms with Gasteiger partial charge >= 0.3 is 6.18 Å². The lowest BCUT2D eigenvalue weighted by atomic mass is 10.0. The Bertz CT molecular complexity index is 1290. The molecule has 166 valence electrons. The van der Waals surface area contributed by atoms with Crippen LogP contribution in [0.25, 0.3) is 17.1 Å². The molecule has 0 atom stereocenters. The smallest absolute Gasteiger partial charge is 0.267 e. The van der Waals surface area contributed by atoms with E-state index in [2.05, 4.69) is 20.2 Å². The molecule has 4 aromatic rings. The highest BCUT2D eigenvalue weighted by molar-refractivity contribution is 5.64. The molecule has 0 aliphatic carbocycles. The minimum absolute atomic E-state index is 0.0349. The Labute approximate surface area is 181 Å². The third-order valence-corrected chi connectivity index (χ3v) is 5.35. The van der Waals surface area contributed by atoms with Crippen LogP contribution in [0.1, 0.15) is 33.9 Å². The second-order valence-electron chi connectivity index (χ2n) is 7.55. The maximum atomic E-state index is 13.3. The summed E-state index contributed by atoms with van der Waals surface area (Å²) in [6.07, 6.45) is -2.85. The van der Waals surface area contributed by atoms with Gasteiger partial charge in [0, 0.05) is 25.1 Å². The average Bonchev–Trinajstić information content (AvgIpc) is 3.17. The van der Waals surface area contributed by atoms with E-state index < -0.39 is 11.7 Å². The molecule has 0 saturated carbocycles. The van der Waals surface area contributed by atoms with Crippen molar-refractivity contribution in [3.8, 4) is 17.1 Å². The van der Waals surface area contributed by atoms with Gasteiger partial charge in [0.2, 0.25) is 0 Å². The summed E-state index contributed by atoms with van der Waals surface area (Å²) in [5.74, 6) is -0.0708. The van der Waals surface area contributed by atoms with Gasteiger partial charge in [-0.25, -0.2) is 19.0 Å². The van der Waals surface area contributed by atoms with Gasteiger partial charge in [-0.1, -0.05) is 0 Å². The molecule has 0 aliphatic heterocycles. The van der Waals surface area contributed by atoms with E-state index in [0.29, 0.717) is 12.1 Å². The molecule has 0 spiro atoms. The van der Waals surface area contributed by atoms with Crippen LogP contribution >= 0.6 is 0 Å². The van der Waals surface area contributed by atoms with Crippen molar-refractivity contribution in [1.29, 1.82) is 0 Å². The molecular weight excluding hydrogens is 424 g/mol. The Kier molecular flexibility index (Phi) is 5.31. The molecule has 3 heterocycles. The van der Waals surface area contributed by atoms with E-state index in [1.54, 1.807) is 29.9 Å². The molecule has 6 nitrogen and oxygen atoms in total. The van der Waals surface area contributed by atoms with Crippen LogP contribution in [0.2, 0.25) is 0 Å². The van der Waals surface area contributed by atoms with Gasteiger partial charge in [0.05, 0.1) is 34.0 Å². The van der Waals surface area contributed by atoms with E-state index in [1.165, 1.54) is 37.0 Å². The zero-order valence-corrected chi connectivity index (χ0v) is 17.9. The van der Waals surface area contributed by atoms with Crippen LogP contribution in [0.15, 0.2) is 36.7 Å². The Morgan fingerprint density at radius 3 is 2.28 bits per heavy atom. The van der Waals surface area contributed by atoms with E-state index in [-0.39, 0.29) is 23.0 Å². The highest BCUT2D eigenvalue weighted by atomic mass is 19.4. The molecule has 0 unspecified atom stereocenters. The van der Waals surface area contributed by atoms with E-state index in [9.17, 15) is 17.6 Å². The molecule has 0 amide bonds. The van der Waals surface area contributed by atoms with Gasteiger partial charge in [-0.3, -0.25) is 4.68 Å². The topological polar surface area (TPSA) is 61.4 Å². The number of rotatable bonds is 4. The van der Waals surface area contributed by atoms with Crippen molar-refractivity contribution in [2.75, 3.05) is 0 Å². The monoisotopic (exact) mass is 444 g/mol. The number of alkyl halides is 3. The van der Waals surface area contributed by atoms with Crippen LogP contribution in [0.5, 0.6) is 0 Å². The second-order valence-corrected chi connectivity index (χ2v) is 7.55. The summed E-state index contributed by atoms with van der Waals surface area (Å²) >= 11 is 0. The van der Waals surface area contributed by atoms with Gasteiger partial charge in [0.15, 0.2) is 5.82 Å². The zero-order chi connectivity index (χ0) is 23.2. The van der Waals surface area contributed by atoms with Gasteiger partial charge in [0.1, 0.15) is 12.1 Å². The van der Waals surface area contributed by atoms with Crippen LogP contribution in [-0.4, -0.2) is 29.5 Å². The van der Waals surface area contributed by atoms with Gasteiger partial charge in [-0.2, -0.15) is 23.4 Å². The van der Waals surface area contributed by atoms with Gasteiger partial charge < -0.3 is 0 Å². The summed E-state index contributed by atoms with van der Waals surface area (Å²) in [5.41, 5.74) is 3.01. The highest BCUT2D eigenvalue weighted by Crippen LogP contribution is 2.35. The third kappa shape index (κ3) is 3.88. The first-order valence-corrected chi connectivity index (χ1v) is 9.79. The molecule has 0 saturated heterocycles. The van der Waals surface area contributed by atoms with Crippen LogP contribution in [0.3, 0.4) is 0 Å². The molecule has 0 N–H and O–H groups in total. The standard InChI is InChI=1S/C22H20F4N6/c1-12-18(30-31(4)21(12)15-5-7-16(23)8-6-15)9-17-10-19(28-11-27-17)32-14(3)20(13(2)29-32)22(24,25)26/h5-8,10-11H,9H2,1-4H3. The van der Waals surface area contributed by atoms with Crippen LogP contribution < -0.4 is 0 Å². The summed E-state index contributed by atoms with van der Waals surface area (Å²) in [4.78, 5) is 8.37. The second kappa shape index (κ2) is 7.85. The number of halogens is 4. The predicted molar refractivity (Wildman–Crippen MR) is 110 cm³/mol. The molecule has 0 radical (unpaired) electrons. The van der Waals surface area contributed by atoms with Crippen LogP contribution in [-0.2, 0) is 19.6 Å². The van der Waals surface area contributed by atoms with Crippen LogP contribution in [0, 0.1) is 26.6 Å². The van der Waals surface area contributed by atoms with Crippen molar-refractivity contribution in [2.24, 2.45) is 7.05 Å². The summed E-state index contributed by atoms with van der Waals surface area (Å²) in [5, 5.41) is 8.60. The number of aromatic nitrogens is 6. The molecule has 32 heavy (non-hydrogen) atoms. The minimum Gasteiger partial charge on any atom is -0.267 e. The fourth-order valence-corrected chi connectivity index (χ4v) is 3.91. The van der Waals surface area contributed by atoms with Crippen LogP contribution in [0.4, 0.5) is 17.6 Å². The van der Waals surface area contributed by atoms with Crippen molar-refractivity contribution in [3.05, 3.63) is 76.4 Å². The molecule has 0 aliphatic rings. The predicted octanol–water partition coefficient (Wildman–Crippen LogP) is 4.74. The molecule has 4 rings (SSSR count). The van der Waals surface area contributed by atoms with Gasteiger partial charge in [0.25, 0.3) is 0 Å². The number of aryl methyl sites for hydroxylation is 2. The SMILES string of the molecule is Cc1nn(-c2cc(Cc3nn(C)c(-c4ccc(F)cc4)c3C)ncn2)c(C)c1C(F)(F)F. The highest BCUT2D eigenvalue weighted by Gasteiger charge is 2.37. The fraction of sp³-hybridized carbons (Fsp3) is 0.273. The lowest BCUT2D eigenvalue weighted by Gasteiger charge is -2.08. The fourth-order valence-electron chi connectivity index (χ4n) is 3.91. The normalized spacial score (nSPS) is 11.9. The molecule has 10 heteroatoms. The van der Waals surface area contributed by atoms with Crippen molar-refractivity contribution in [2.45, 2.75) is 33.4 Å². The summed E-state index contributed by atoms with van der Waals surface area (Å²) in [6.45, 7) is 4.60. The van der Waals surface area contributed by atoms with Crippen molar-refractivity contribution in [1.82, 2.24) is 29.5 Å². The lowest BCUT2D eigenvalue weighted by molar-refractivity contribution is -0.138. The Balaban J connectivity index is 1.68. The maximum absolute atomic E-state index is 13.3. The first-order chi connectivity index (χ1) is 15.1.